The molecule has 0 spiro atoms. The summed E-state index contributed by atoms with van der Waals surface area (Å²) in [5.41, 5.74) is 0.786. The van der Waals surface area contributed by atoms with Crippen LogP contribution in [-0.4, -0.2) is 46.3 Å². The lowest BCUT2D eigenvalue weighted by Crippen LogP contribution is -2.53. The average molecular weight is 254 g/mol. The Hall–Kier alpha value is -0.980. The van der Waals surface area contributed by atoms with Crippen LogP contribution in [-0.2, 0) is 9.47 Å². The fourth-order valence-corrected chi connectivity index (χ4v) is 2.02. The second-order valence-corrected chi connectivity index (χ2v) is 4.43. The summed E-state index contributed by atoms with van der Waals surface area (Å²) in [5, 5.41) is 28.7. The van der Waals surface area contributed by atoms with Gasteiger partial charge >= 0.3 is 0 Å². The van der Waals surface area contributed by atoms with Gasteiger partial charge in [-0.25, -0.2) is 0 Å². The first kappa shape index (κ1) is 13.5. The van der Waals surface area contributed by atoms with Crippen molar-refractivity contribution < 1.29 is 24.8 Å². The van der Waals surface area contributed by atoms with Crippen LogP contribution in [0.25, 0.3) is 0 Å². The standard InChI is InChI=1S/C13H18O5/c1-8(15)12-11(16)10(7-14)17-13(18-12)9-5-3-2-4-6-9/h2-6,8,10-16H,7H2,1H3/t8-,10-,11-,12+,13?/m1/s1. The van der Waals surface area contributed by atoms with E-state index in [4.69, 9.17) is 9.47 Å². The molecule has 100 valence electrons. The number of aliphatic hydroxyl groups is 3. The second-order valence-electron chi connectivity index (χ2n) is 4.43. The first-order chi connectivity index (χ1) is 8.63. The van der Waals surface area contributed by atoms with Crippen molar-refractivity contribution in [1.82, 2.24) is 0 Å². The first-order valence-electron chi connectivity index (χ1n) is 5.96. The van der Waals surface area contributed by atoms with Crippen molar-refractivity contribution in [2.75, 3.05) is 6.61 Å². The molecule has 1 saturated heterocycles. The van der Waals surface area contributed by atoms with Gasteiger partial charge in [-0.1, -0.05) is 30.3 Å². The number of hydrogen-bond donors (Lipinski definition) is 3. The van der Waals surface area contributed by atoms with E-state index in [9.17, 15) is 15.3 Å². The molecule has 5 heteroatoms. The summed E-state index contributed by atoms with van der Waals surface area (Å²) in [6.45, 7) is 1.22. The summed E-state index contributed by atoms with van der Waals surface area (Å²) in [7, 11) is 0. The molecule has 5 atom stereocenters. The fraction of sp³-hybridized carbons (Fsp3) is 0.538. The Bertz CT molecular complexity index is 367. The SMILES string of the molecule is C[C@@H](O)[C@@H]1OC(c2ccccc2)O[C@H](CO)[C@H]1O. The van der Waals surface area contributed by atoms with Crippen LogP contribution in [0.1, 0.15) is 18.8 Å². The van der Waals surface area contributed by atoms with Gasteiger partial charge < -0.3 is 24.8 Å². The molecular formula is C13H18O5. The Kier molecular flexibility index (Phi) is 4.31. The van der Waals surface area contributed by atoms with Crippen molar-refractivity contribution >= 4 is 0 Å². The van der Waals surface area contributed by atoms with E-state index >= 15 is 0 Å². The van der Waals surface area contributed by atoms with Gasteiger partial charge in [-0.15, -0.1) is 0 Å². The maximum atomic E-state index is 9.89. The molecule has 5 nitrogen and oxygen atoms in total. The second kappa shape index (κ2) is 5.77. The summed E-state index contributed by atoms with van der Waals surface area (Å²) < 4.78 is 11.0. The van der Waals surface area contributed by atoms with Crippen molar-refractivity contribution in [1.29, 1.82) is 0 Å². The summed E-state index contributed by atoms with van der Waals surface area (Å²) in [5.74, 6) is 0. The van der Waals surface area contributed by atoms with Gasteiger partial charge in [-0.05, 0) is 6.92 Å². The maximum absolute atomic E-state index is 9.89. The van der Waals surface area contributed by atoms with Crippen LogP contribution in [0.15, 0.2) is 30.3 Å². The zero-order chi connectivity index (χ0) is 13.1. The van der Waals surface area contributed by atoms with Crippen LogP contribution in [0.3, 0.4) is 0 Å². The molecule has 0 radical (unpaired) electrons. The Labute approximate surface area is 106 Å². The van der Waals surface area contributed by atoms with Crippen LogP contribution < -0.4 is 0 Å². The predicted molar refractivity (Wildman–Crippen MR) is 63.7 cm³/mol. The largest absolute Gasteiger partial charge is 0.394 e. The third kappa shape index (κ3) is 2.71. The van der Waals surface area contributed by atoms with Crippen molar-refractivity contribution in [3.8, 4) is 0 Å². The van der Waals surface area contributed by atoms with Gasteiger partial charge in [-0.3, -0.25) is 0 Å². The minimum Gasteiger partial charge on any atom is -0.394 e. The highest BCUT2D eigenvalue weighted by atomic mass is 16.7. The van der Waals surface area contributed by atoms with Gasteiger partial charge in [0.05, 0.1) is 12.7 Å². The van der Waals surface area contributed by atoms with Gasteiger partial charge in [0.25, 0.3) is 0 Å². The monoisotopic (exact) mass is 254 g/mol. The van der Waals surface area contributed by atoms with Crippen molar-refractivity contribution in [3.05, 3.63) is 35.9 Å². The molecule has 1 aliphatic rings. The number of aliphatic hydroxyl groups excluding tert-OH is 3. The quantitative estimate of drug-likeness (QED) is 0.718. The highest BCUT2D eigenvalue weighted by molar-refractivity contribution is 5.16. The molecule has 1 unspecified atom stereocenters. The minimum atomic E-state index is -1.05. The topological polar surface area (TPSA) is 79.2 Å². The van der Waals surface area contributed by atoms with Crippen molar-refractivity contribution in [2.24, 2.45) is 0 Å². The zero-order valence-corrected chi connectivity index (χ0v) is 10.1. The van der Waals surface area contributed by atoms with Gasteiger partial charge in [0, 0.05) is 5.56 Å². The average Bonchev–Trinajstić information content (AvgIpc) is 2.39. The highest BCUT2D eigenvalue weighted by Crippen LogP contribution is 2.31. The van der Waals surface area contributed by atoms with Gasteiger partial charge in [-0.2, -0.15) is 0 Å². The minimum absolute atomic E-state index is 0.322. The number of rotatable bonds is 3. The fourth-order valence-electron chi connectivity index (χ4n) is 2.02. The van der Waals surface area contributed by atoms with E-state index in [2.05, 4.69) is 0 Å². The molecule has 1 aromatic rings. The van der Waals surface area contributed by atoms with Crippen LogP contribution in [0.2, 0.25) is 0 Å². The Morgan fingerprint density at radius 3 is 2.44 bits per heavy atom. The molecule has 1 aliphatic heterocycles. The maximum Gasteiger partial charge on any atom is 0.184 e. The lowest BCUT2D eigenvalue weighted by atomic mass is 10.0. The first-order valence-corrected chi connectivity index (χ1v) is 5.96. The third-order valence-corrected chi connectivity index (χ3v) is 3.02. The molecule has 0 aromatic heterocycles. The summed E-state index contributed by atoms with van der Waals surface area (Å²) in [6, 6.07) is 9.22. The van der Waals surface area contributed by atoms with E-state index in [1.807, 2.05) is 30.3 Å². The molecule has 0 saturated carbocycles. The lowest BCUT2D eigenvalue weighted by Gasteiger charge is -2.40. The predicted octanol–water partition coefficient (Wildman–Crippen LogP) is 0.203. The van der Waals surface area contributed by atoms with E-state index in [1.165, 1.54) is 6.92 Å². The van der Waals surface area contributed by atoms with Crippen molar-refractivity contribution in [3.63, 3.8) is 0 Å². The van der Waals surface area contributed by atoms with Crippen molar-refractivity contribution in [2.45, 2.75) is 37.6 Å². The zero-order valence-electron chi connectivity index (χ0n) is 10.1. The molecule has 0 aliphatic carbocycles. The van der Waals surface area contributed by atoms with E-state index < -0.39 is 30.7 Å². The highest BCUT2D eigenvalue weighted by Gasteiger charge is 2.40. The molecule has 1 fully saturated rings. The normalized spacial score (nSPS) is 34.2. The van der Waals surface area contributed by atoms with Crippen LogP contribution in [0.4, 0.5) is 0 Å². The Morgan fingerprint density at radius 1 is 1.22 bits per heavy atom. The number of ether oxygens (including phenoxy) is 2. The summed E-state index contributed by atoms with van der Waals surface area (Å²) in [6.07, 6.45) is -4.12. The van der Waals surface area contributed by atoms with Crippen LogP contribution in [0.5, 0.6) is 0 Å². The van der Waals surface area contributed by atoms with E-state index in [1.54, 1.807) is 0 Å². The molecule has 2 rings (SSSR count). The van der Waals surface area contributed by atoms with Crippen LogP contribution in [0, 0.1) is 0 Å². The summed E-state index contributed by atoms with van der Waals surface area (Å²) >= 11 is 0. The molecule has 0 amide bonds. The number of benzene rings is 1. The molecule has 1 heterocycles. The van der Waals surface area contributed by atoms with Gasteiger partial charge in [0.1, 0.15) is 18.3 Å². The number of hydrogen-bond acceptors (Lipinski definition) is 5. The van der Waals surface area contributed by atoms with E-state index in [0.717, 1.165) is 5.56 Å². The smallest absolute Gasteiger partial charge is 0.184 e. The molecule has 1 aromatic carbocycles. The van der Waals surface area contributed by atoms with E-state index in [0.29, 0.717) is 0 Å². The Morgan fingerprint density at radius 2 is 1.89 bits per heavy atom. The lowest BCUT2D eigenvalue weighted by molar-refractivity contribution is -0.307. The van der Waals surface area contributed by atoms with Crippen LogP contribution >= 0.6 is 0 Å². The van der Waals surface area contributed by atoms with Gasteiger partial charge in [0.15, 0.2) is 6.29 Å². The molecule has 18 heavy (non-hydrogen) atoms. The molecule has 0 bridgehead atoms. The Balaban J connectivity index is 2.18. The molecule has 3 N–H and O–H groups in total. The van der Waals surface area contributed by atoms with Gasteiger partial charge in [0.2, 0.25) is 0 Å². The molecular weight excluding hydrogens is 236 g/mol. The third-order valence-electron chi connectivity index (χ3n) is 3.02. The summed E-state index contributed by atoms with van der Waals surface area (Å²) in [4.78, 5) is 0. The van der Waals surface area contributed by atoms with E-state index in [-0.39, 0.29) is 6.61 Å².